The maximum Gasteiger partial charge on any atom is 0.456 e. The van der Waals surface area contributed by atoms with Crippen molar-refractivity contribution in [3.8, 4) is 0 Å². The predicted molar refractivity (Wildman–Crippen MR) is 45.9 cm³/mol. The van der Waals surface area contributed by atoms with Crippen LogP contribution in [-0.2, 0) is 10.7 Å². The van der Waals surface area contributed by atoms with Crippen LogP contribution in [0.25, 0.3) is 0 Å². The first kappa shape index (κ1) is 10.5. The molecule has 0 amide bonds. The molecule has 0 radical (unpaired) electrons. The maximum absolute atomic E-state index is 12.1. The first-order valence-electron chi connectivity index (χ1n) is 3.20. The summed E-state index contributed by atoms with van der Waals surface area (Å²) in [5, 5.41) is -0.0156. The Kier molecular flexibility index (Phi) is 2.98. The second-order valence-corrected chi connectivity index (χ2v) is 4.10. The molecule has 0 bridgehead atoms. The molecule has 0 spiro atoms. The Morgan fingerprint density at radius 1 is 1.23 bits per heavy atom. The average Bonchev–Trinajstić information content (AvgIpc) is 2.02. The Labute approximate surface area is 80.4 Å². The van der Waals surface area contributed by atoms with Crippen LogP contribution in [0.5, 0.6) is 0 Å². The van der Waals surface area contributed by atoms with Crippen molar-refractivity contribution >= 4 is 22.3 Å². The zero-order valence-corrected chi connectivity index (χ0v) is 7.80. The molecule has 0 aromatic heterocycles. The van der Waals surface area contributed by atoms with Crippen LogP contribution in [0.3, 0.4) is 0 Å². The average molecular weight is 228 g/mol. The van der Waals surface area contributed by atoms with E-state index in [2.05, 4.69) is 0 Å². The van der Waals surface area contributed by atoms with Gasteiger partial charge < -0.3 is 0 Å². The third-order valence-corrected chi connectivity index (χ3v) is 2.99. The van der Waals surface area contributed by atoms with E-state index < -0.39 is 16.2 Å². The number of hydrogen-bond acceptors (Lipinski definition) is 1. The maximum atomic E-state index is 12.1. The minimum Gasteiger partial charge on any atom is -0.268 e. The van der Waals surface area contributed by atoms with Gasteiger partial charge in [0, 0.05) is 15.6 Å². The Balaban J connectivity index is 3.10. The topological polar surface area (TPSA) is 23.9 Å². The predicted octanol–water partition coefficient (Wildman–Crippen LogP) is 3.60. The van der Waals surface area contributed by atoms with Crippen LogP contribution < -0.4 is 0 Å². The van der Waals surface area contributed by atoms with Crippen molar-refractivity contribution in [2.24, 2.45) is 0 Å². The molecule has 1 nitrogen and oxygen atoms in total. The lowest BCUT2D eigenvalue weighted by molar-refractivity contribution is -0.0360. The summed E-state index contributed by atoms with van der Waals surface area (Å²) in [7, 11) is -2.54. The van der Waals surface area contributed by atoms with Gasteiger partial charge in [-0.05, 0) is 12.1 Å². The minimum atomic E-state index is -4.54. The smallest absolute Gasteiger partial charge is 0.268 e. The summed E-state index contributed by atoms with van der Waals surface area (Å²) in [6.07, 6.45) is 0. The van der Waals surface area contributed by atoms with Gasteiger partial charge in [-0.15, -0.1) is 0 Å². The number of rotatable bonds is 1. The van der Waals surface area contributed by atoms with Gasteiger partial charge in [-0.3, -0.25) is 4.78 Å². The largest absolute Gasteiger partial charge is 0.456 e. The molecule has 1 aromatic rings. The second kappa shape index (κ2) is 3.67. The Morgan fingerprint density at radius 2 is 1.77 bits per heavy atom. The number of alkyl halides is 3. The quantitative estimate of drug-likeness (QED) is 0.758. The van der Waals surface area contributed by atoms with Crippen LogP contribution in [0.1, 0.15) is 0 Å². The van der Waals surface area contributed by atoms with Crippen LogP contribution in [0, 0.1) is 4.78 Å². The zero-order chi connectivity index (χ0) is 10.1. The molecule has 0 aliphatic rings. The van der Waals surface area contributed by atoms with Gasteiger partial charge in [-0.2, -0.15) is 13.2 Å². The van der Waals surface area contributed by atoms with Gasteiger partial charge in [0.2, 0.25) is 0 Å². The number of nitrogens with one attached hydrogen (secondary N) is 1. The lowest BCUT2D eigenvalue weighted by Gasteiger charge is -2.10. The highest BCUT2D eigenvalue weighted by Crippen LogP contribution is 2.30. The molecule has 13 heavy (non-hydrogen) atoms. The van der Waals surface area contributed by atoms with Gasteiger partial charge in [0.25, 0.3) is 0 Å². The van der Waals surface area contributed by atoms with Gasteiger partial charge in [-0.25, -0.2) is 0 Å². The summed E-state index contributed by atoms with van der Waals surface area (Å²) >= 11 is 5.51. The normalized spacial score (nSPS) is 14.2. The molecule has 0 fully saturated rings. The number of hydrogen-bond donors (Lipinski definition) is 1. The first-order chi connectivity index (χ1) is 5.93. The summed E-state index contributed by atoms with van der Waals surface area (Å²) in [5.74, 6) is 0. The monoisotopic (exact) mass is 227 g/mol. The molecule has 0 saturated carbocycles. The van der Waals surface area contributed by atoms with E-state index in [1.807, 2.05) is 0 Å². The summed E-state index contributed by atoms with van der Waals surface area (Å²) < 4.78 is 43.2. The van der Waals surface area contributed by atoms with Gasteiger partial charge in [0.15, 0.2) is 0 Å². The Morgan fingerprint density at radius 3 is 2.23 bits per heavy atom. The van der Waals surface area contributed by atoms with Crippen LogP contribution in [0.4, 0.5) is 13.2 Å². The van der Waals surface area contributed by atoms with Crippen molar-refractivity contribution in [2.75, 3.05) is 0 Å². The molecular formula is C7H5ClF3NS. The van der Waals surface area contributed by atoms with Crippen molar-refractivity contribution in [1.82, 2.24) is 0 Å². The van der Waals surface area contributed by atoms with E-state index in [9.17, 15) is 13.2 Å². The standard InChI is InChI=1S/C7H5ClF3NS/c8-5-3-1-2-4-6(5)13(12)7(9,10)11/h1-4,12H. The molecule has 6 heteroatoms. The third-order valence-electron chi connectivity index (χ3n) is 1.29. The molecule has 1 N–H and O–H groups in total. The highest BCUT2D eigenvalue weighted by molar-refractivity contribution is 7.87. The Bertz CT molecular complexity index is 337. The van der Waals surface area contributed by atoms with Crippen LogP contribution in [0.2, 0.25) is 5.02 Å². The van der Waals surface area contributed by atoms with E-state index in [-0.39, 0.29) is 9.92 Å². The highest BCUT2D eigenvalue weighted by Gasteiger charge is 2.35. The van der Waals surface area contributed by atoms with E-state index in [1.165, 1.54) is 24.3 Å². The molecule has 1 aromatic carbocycles. The van der Waals surface area contributed by atoms with E-state index >= 15 is 0 Å². The molecule has 0 aliphatic carbocycles. The van der Waals surface area contributed by atoms with Crippen LogP contribution >= 0.6 is 11.6 Å². The molecule has 72 valence electrons. The van der Waals surface area contributed by atoms with Crippen LogP contribution in [-0.4, -0.2) is 5.51 Å². The molecule has 0 saturated heterocycles. The summed E-state index contributed by atoms with van der Waals surface area (Å²) in [5.41, 5.74) is -4.54. The third kappa shape index (κ3) is 2.45. The van der Waals surface area contributed by atoms with Gasteiger partial charge in [0.1, 0.15) is 0 Å². The van der Waals surface area contributed by atoms with E-state index in [1.54, 1.807) is 0 Å². The van der Waals surface area contributed by atoms with Crippen molar-refractivity contribution in [3.05, 3.63) is 29.3 Å². The van der Waals surface area contributed by atoms with Gasteiger partial charge in [-0.1, -0.05) is 23.7 Å². The van der Waals surface area contributed by atoms with Gasteiger partial charge in [0.05, 0.1) is 5.02 Å². The summed E-state index contributed by atoms with van der Waals surface area (Å²) in [4.78, 5) is -0.184. The lowest BCUT2D eigenvalue weighted by atomic mass is 10.4. The van der Waals surface area contributed by atoms with Crippen LogP contribution in [0.15, 0.2) is 29.2 Å². The molecule has 0 aliphatic heterocycles. The number of halogens is 4. The van der Waals surface area contributed by atoms with Crippen molar-refractivity contribution in [3.63, 3.8) is 0 Å². The fraction of sp³-hybridized carbons (Fsp3) is 0.143. The van der Waals surface area contributed by atoms with E-state index in [4.69, 9.17) is 16.4 Å². The minimum absolute atomic E-state index is 0.0156. The zero-order valence-electron chi connectivity index (χ0n) is 6.23. The molecule has 1 atom stereocenters. The van der Waals surface area contributed by atoms with Crippen molar-refractivity contribution < 1.29 is 13.2 Å². The molecule has 0 heterocycles. The SMILES string of the molecule is N=S(c1ccccc1Cl)C(F)(F)F. The molecule has 1 rings (SSSR count). The fourth-order valence-corrected chi connectivity index (χ4v) is 1.83. The Hall–Kier alpha value is -0.550. The molecule has 1 unspecified atom stereocenters. The highest BCUT2D eigenvalue weighted by atomic mass is 35.5. The van der Waals surface area contributed by atoms with E-state index in [0.717, 1.165) is 0 Å². The fourth-order valence-electron chi connectivity index (χ4n) is 0.735. The van der Waals surface area contributed by atoms with Crippen molar-refractivity contribution in [1.29, 1.82) is 4.78 Å². The summed E-state index contributed by atoms with van der Waals surface area (Å²) in [6.45, 7) is 0. The number of benzene rings is 1. The van der Waals surface area contributed by atoms with Crippen molar-refractivity contribution in [2.45, 2.75) is 10.4 Å². The second-order valence-electron chi connectivity index (χ2n) is 2.18. The lowest BCUT2D eigenvalue weighted by Crippen LogP contribution is -2.15. The van der Waals surface area contributed by atoms with E-state index in [0.29, 0.717) is 0 Å². The first-order valence-corrected chi connectivity index (χ1v) is 4.80. The van der Waals surface area contributed by atoms with Gasteiger partial charge >= 0.3 is 5.51 Å². The molecular weight excluding hydrogens is 223 g/mol. The summed E-state index contributed by atoms with van der Waals surface area (Å²) in [6, 6.07) is 5.52.